The second-order valence-corrected chi connectivity index (χ2v) is 14.3. The van der Waals surface area contributed by atoms with E-state index in [1.807, 2.05) is 18.5 Å². The Hall–Kier alpha value is -6.08. The molecule has 5 aromatic heterocycles. The first kappa shape index (κ1) is 30.9. The first-order valence-corrected chi connectivity index (χ1v) is 18.6. The van der Waals surface area contributed by atoms with Crippen LogP contribution in [0.25, 0.3) is 60.1 Å². The third-order valence-electron chi connectivity index (χ3n) is 9.21. The molecule has 0 fully saturated rings. The summed E-state index contributed by atoms with van der Waals surface area (Å²) in [5, 5.41) is 5.49. The van der Waals surface area contributed by atoms with Gasteiger partial charge in [-0.2, -0.15) is 0 Å². The largest absolute Gasteiger partial charge is 0.310 e. The van der Waals surface area contributed by atoms with Crippen LogP contribution in [0.1, 0.15) is 5.56 Å². The first-order chi connectivity index (χ1) is 25.2. The molecule has 0 bridgehead atoms. The molecule has 4 aromatic carbocycles. The zero-order valence-corrected chi connectivity index (χ0v) is 29.5. The van der Waals surface area contributed by atoms with Gasteiger partial charge >= 0.3 is 0 Å². The minimum Gasteiger partial charge on any atom is -0.310 e. The lowest BCUT2D eigenvalue weighted by Gasteiger charge is -2.26. The van der Waals surface area contributed by atoms with Crippen LogP contribution in [0, 0.1) is 6.92 Å². The molecule has 0 radical (unpaired) electrons. The van der Waals surface area contributed by atoms with Crippen molar-refractivity contribution in [3.8, 4) is 49.2 Å². The molecule has 0 aliphatic carbocycles. The van der Waals surface area contributed by atoms with Crippen LogP contribution < -0.4 is 4.90 Å². The van der Waals surface area contributed by atoms with Crippen molar-refractivity contribution in [1.29, 1.82) is 0 Å². The number of thiophene rings is 2. The SMILES string of the molecule is Cc1cnc(-c2cccc(N(c3ccccc3)c3ccc4c(-c5cccs5)c(-c5cccs5)n(-c5ccccn5)c4c3)c2)cc1-c1ccccc1. The number of hydrogen-bond acceptors (Lipinski definition) is 5. The number of nitrogens with zero attached hydrogens (tertiary/aromatic N) is 4. The molecular weight excluding hydrogens is 661 g/mol. The van der Waals surface area contributed by atoms with E-state index in [4.69, 9.17) is 9.97 Å². The van der Waals surface area contributed by atoms with Crippen molar-refractivity contribution in [1.82, 2.24) is 14.5 Å². The van der Waals surface area contributed by atoms with Crippen molar-refractivity contribution in [2.45, 2.75) is 6.92 Å². The number of aryl methyl sites for hydroxylation is 1. The summed E-state index contributed by atoms with van der Waals surface area (Å²) >= 11 is 3.52. The van der Waals surface area contributed by atoms with E-state index in [1.165, 1.54) is 31.8 Å². The molecule has 4 nitrogen and oxygen atoms in total. The zero-order chi connectivity index (χ0) is 34.1. The fourth-order valence-corrected chi connectivity index (χ4v) is 8.45. The Bertz CT molecular complexity index is 2580. The lowest BCUT2D eigenvalue weighted by molar-refractivity contribution is 1.05. The molecule has 0 saturated carbocycles. The van der Waals surface area contributed by atoms with Gasteiger partial charge < -0.3 is 4.90 Å². The summed E-state index contributed by atoms with van der Waals surface area (Å²) in [4.78, 5) is 14.6. The summed E-state index contributed by atoms with van der Waals surface area (Å²) in [5.41, 5.74) is 12.2. The Balaban J connectivity index is 1.25. The monoisotopic (exact) mass is 692 g/mol. The van der Waals surface area contributed by atoms with Crippen LogP contribution in [0.15, 0.2) is 175 Å². The molecule has 0 atom stereocenters. The number of fused-ring (bicyclic) bond motifs is 1. The van der Waals surface area contributed by atoms with Gasteiger partial charge in [-0.05, 0) is 101 Å². The van der Waals surface area contributed by atoms with E-state index in [0.717, 1.165) is 50.9 Å². The molecular formula is C45H32N4S2. The Morgan fingerprint density at radius 2 is 1.27 bits per heavy atom. The van der Waals surface area contributed by atoms with Gasteiger partial charge in [0.05, 0.1) is 21.8 Å². The third-order valence-corrected chi connectivity index (χ3v) is 11.0. The molecule has 9 aromatic rings. The molecule has 244 valence electrons. The van der Waals surface area contributed by atoms with E-state index in [2.05, 4.69) is 173 Å². The topological polar surface area (TPSA) is 34.0 Å². The maximum absolute atomic E-state index is 4.90. The molecule has 0 unspecified atom stereocenters. The predicted octanol–water partition coefficient (Wildman–Crippen LogP) is 13.0. The standard InChI is InChI=1S/C45H32N4S2/c1-31-30-47-39(29-38(31)32-13-4-2-5-14-32)33-15-10-18-35(27-33)48(34-16-6-3-7-17-34)36-22-23-37-40(28-36)49(43-21-8-9-24-46-43)45(42-20-12-26-51-42)44(37)41-19-11-25-50-41/h2-30H,1H3. The molecule has 0 aliphatic rings. The van der Waals surface area contributed by atoms with Crippen molar-refractivity contribution in [3.63, 3.8) is 0 Å². The molecule has 5 heterocycles. The fourth-order valence-electron chi connectivity index (χ4n) is 6.90. The van der Waals surface area contributed by atoms with Crippen molar-refractivity contribution in [3.05, 3.63) is 180 Å². The van der Waals surface area contributed by atoms with E-state index in [0.29, 0.717) is 0 Å². The third kappa shape index (κ3) is 5.74. The molecule has 0 amide bonds. The number of para-hydroxylation sites is 1. The number of benzene rings is 4. The zero-order valence-electron chi connectivity index (χ0n) is 27.8. The van der Waals surface area contributed by atoms with Crippen LogP contribution in [0.2, 0.25) is 0 Å². The summed E-state index contributed by atoms with van der Waals surface area (Å²) in [5.74, 6) is 0.888. The van der Waals surface area contributed by atoms with Gasteiger partial charge in [0.15, 0.2) is 0 Å². The van der Waals surface area contributed by atoms with Crippen molar-refractivity contribution < 1.29 is 0 Å². The Morgan fingerprint density at radius 3 is 2.02 bits per heavy atom. The maximum atomic E-state index is 4.90. The molecule has 0 aliphatic heterocycles. The van der Waals surface area contributed by atoms with Crippen LogP contribution in [-0.2, 0) is 0 Å². The van der Waals surface area contributed by atoms with Gasteiger partial charge in [0.25, 0.3) is 0 Å². The Kier molecular flexibility index (Phi) is 8.08. The second kappa shape index (κ2) is 13.3. The van der Waals surface area contributed by atoms with Crippen LogP contribution >= 0.6 is 22.7 Å². The smallest absolute Gasteiger partial charge is 0.137 e. The van der Waals surface area contributed by atoms with Gasteiger partial charge in [-0.25, -0.2) is 4.98 Å². The summed E-state index contributed by atoms with van der Waals surface area (Å²) < 4.78 is 2.33. The van der Waals surface area contributed by atoms with Crippen LogP contribution in [0.5, 0.6) is 0 Å². The number of aromatic nitrogens is 3. The average molecular weight is 693 g/mol. The molecule has 0 spiro atoms. The average Bonchev–Trinajstić information content (AvgIpc) is 3.98. The van der Waals surface area contributed by atoms with Crippen molar-refractivity contribution in [2.24, 2.45) is 0 Å². The van der Waals surface area contributed by atoms with Gasteiger partial charge in [-0.1, -0.05) is 84.9 Å². The van der Waals surface area contributed by atoms with E-state index >= 15 is 0 Å². The Morgan fingerprint density at radius 1 is 0.569 bits per heavy atom. The second-order valence-electron chi connectivity index (χ2n) is 12.4. The summed E-state index contributed by atoms with van der Waals surface area (Å²) in [6, 6.07) is 53.7. The highest BCUT2D eigenvalue weighted by molar-refractivity contribution is 7.14. The van der Waals surface area contributed by atoms with Gasteiger partial charge in [0.1, 0.15) is 5.82 Å². The number of pyridine rings is 2. The van der Waals surface area contributed by atoms with Crippen molar-refractivity contribution in [2.75, 3.05) is 4.90 Å². The van der Waals surface area contributed by atoms with E-state index in [1.54, 1.807) is 22.7 Å². The van der Waals surface area contributed by atoms with Gasteiger partial charge in [-0.15, -0.1) is 22.7 Å². The highest BCUT2D eigenvalue weighted by Gasteiger charge is 2.25. The number of rotatable bonds is 8. The summed E-state index contributed by atoms with van der Waals surface area (Å²) in [6.07, 6.45) is 3.85. The fraction of sp³-hybridized carbons (Fsp3) is 0.0222. The predicted molar refractivity (Wildman–Crippen MR) is 216 cm³/mol. The van der Waals surface area contributed by atoms with Gasteiger partial charge in [-0.3, -0.25) is 9.55 Å². The van der Waals surface area contributed by atoms with Gasteiger partial charge in [0, 0.05) is 50.8 Å². The first-order valence-electron chi connectivity index (χ1n) is 16.9. The highest BCUT2D eigenvalue weighted by Crippen LogP contribution is 2.47. The minimum atomic E-state index is 0.888. The lowest BCUT2D eigenvalue weighted by Crippen LogP contribution is -2.10. The summed E-state index contributed by atoms with van der Waals surface area (Å²) in [7, 11) is 0. The maximum Gasteiger partial charge on any atom is 0.137 e. The van der Waals surface area contributed by atoms with Crippen LogP contribution in [-0.4, -0.2) is 14.5 Å². The molecule has 6 heteroatoms. The quantitative estimate of drug-likeness (QED) is 0.159. The molecule has 51 heavy (non-hydrogen) atoms. The van der Waals surface area contributed by atoms with Crippen molar-refractivity contribution >= 4 is 50.6 Å². The van der Waals surface area contributed by atoms with Crippen LogP contribution in [0.3, 0.4) is 0 Å². The normalized spacial score (nSPS) is 11.2. The van der Waals surface area contributed by atoms with Gasteiger partial charge in [0.2, 0.25) is 0 Å². The lowest BCUT2D eigenvalue weighted by atomic mass is 9.99. The molecule has 0 N–H and O–H groups in total. The van der Waals surface area contributed by atoms with E-state index < -0.39 is 0 Å². The van der Waals surface area contributed by atoms with E-state index in [-0.39, 0.29) is 0 Å². The van der Waals surface area contributed by atoms with E-state index in [9.17, 15) is 0 Å². The number of hydrogen-bond donors (Lipinski definition) is 0. The molecule has 0 saturated heterocycles. The Labute approximate surface area is 305 Å². The minimum absolute atomic E-state index is 0.888. The highest BCUT2D eigenvalue weighted by atomic mass is 32.1. The number of anilines is 3. The summed E-state index contributed by atoms with van der Waals surface area (Å²) in [6.45, 7) is 2.12. The van der Waals surface area contributed by atoms with Crippen LogP contribution in [0.4, 0.5) is 17.1 Å². The molecule has 9 rings (SSSR count).